The molecule has 0 atom stereocenters. The van der Waals surface area contributed by atoms with Gasteiger partial charge in [-0.25, -0.2) is 13.8 Å². The molecule has 0 aliphatic carbocycles. The molecule has 0 radical (unpaired) electrons. The second-order valence-corrected chi connectivity index (χ2v) is 10.1. The summed E-state index contributed by atoms with van der Waals surface area (Å²) in [5, 5.41) is 3.57. The predicted octanol–water partition coefficient (Wildman–Crippen LogP) is 4.66. The molecule has 2 aliphatic rings. The third-order valence-corrected chi connectivity index (χ3v) is 7.41. The van der Waals surface area contributed by atoms with Crippen LogP contribution < -0.4 is 15.1 Å². The summed E-state index contributed by atoms with van der Waals surface area (Å²) in [5.74, 6) is 0.0623. The number of piperazine rings is 1. The van der Waals surface area contributed by atoms with E-state index in [1.165, 1.54) is 6.07 Å². The maximum atomic E-state index is 15.2. The van der Waals surface area contributed by atoms with Gasteiger partial charge in [-0.15, -0.1) is 0 Å². The minimum absolute atomic E-state index is 0.157. The molecular weight excluding hydrogens is 518 g/mol. The largest absolute Gasteiger partial charge is 0.456 e. The van der Waals surface area contributed by atoms with Gasteiger partial charge in [0.15, 0.2) is 5.76 Å². The Kier molecular flexibility index (Phi) is 6.97. The van der Waals surface area contributed by atoms with E-state index in [-0.39, 0.29) is 16.8 Å². The number of hydrogen-bond acceptors (Lipinski definition) is 8. The minimum Gasteiger partial charge on any atom is -0.456 e. The van der Waals surface area contributed by atoms with Crippen LogP contribution >= 0.6 is 0 Å². The first-order chi connectivity index (χ1) is 19.4. The normalized spacial score (nSPS) is 16.1. The molecule has 1 amide bonds. The van der Waals surface area contributed by atoms with Gasteiger partial charge in [0, 0.05) is 57.0 Å². The van der Waals surface area contributed by atoms with Crippen LogP contribution in [-0.4, -0.2) is 73.3 Å². The highest BCUT2D eigenvalue weighted by molar-refractivity contribution is 5.98. The number of aryl methyl sites for hydroxylation is 1. The summed E-state index contributed by atoms with van der Waals surface area (Å²) in [6, 6.07) is 7.53. The van der Waals surface area contributed by atoms with Crippen molar-refractivity contribution in [3.63, 3.8) is 0 Å². The molecule has 2 saturated heterocycles. The Labute approximate surface area is 230 Å². The van der Waals surface area contributed by atoms with Crippen LogP contribution in [-0.2, 0) is 4.74 Å². The first kappa shape index (κ1) is 26.0. The highest BCUT2D eigenvalue weighted by Crippen LogP contribution is 2.37. The number of fused-ring (bicyclic) bond motifs is 1. The first-order valence-electron chi connectivity index (χ1n) is 13.3. The summed E-state index contributed by atoms with van der Waals surface area (Å²) in [4.78, 5) is 27.9. The monoisotopic (exact) mass is 548 g/mol. The number of hydrogen-bond donors (Lipinski definition) is 1. The third-order valence-electron chi connectivity index (χ3n) is 7.41. The van der Waals surface area contributed by atoms with Gasteiger partial charge in [-0.2, -0.15) is 0 Å². The lowest BCUT2D eigenvalue weighted by atomic mass is 10.1. The number of carbonyl (C=O) groups is 1. The van der Waals surface area contributed by atoms with Gasteiger partial charge in [-0.3, -0.25) is 9.78 Å². The van der Waals surface area contributed by atoms with Gasteiger partial charge in [0.25, 0.3) is 5.91 Å². The minimum atomic E-state index is -0.696. The van der Waals surface area contributed by atoms with Crippen LogP contribution in [0.1, 0.15) is 21.9 Å². The van der Waals surface area contributed by atoms with Gasteiger partial charge in [0.1, 0.15) is 23.2 Å². The fraction of sp³-hybridized carbons (Fsp3) is 0.345. The number of benzene rings is 1. The van der Waals surface area contributed by atoms with Crippen molar-refractivity contribution in [1.82, 2.24) is 14.9 Å². The molecule has 1 aromatic carbocycles. The Morgan fingerprint density at radius 2 is 1.73 bits per heavy atom. The van der Waals surface area contributed by atoms with Crippen LogP contribution in [0.3, 0.4) is 0 Å². The second kappa shape index (κ2) is 10.7. The lowest BCUT2D eigenvalue weighted by Gasteiger charge is -2.36. The number of furan rings is 1. The van der Waals surface area contributed by atoms with Crippen LogP contribution in [0.25, 0.3) is 10.9 Å². The molecule has 208 valence electrons. The Morgan fingerprint density at radius 1 is 0.950 bits per heavy atom. The van der Waals surface area contributed by atoms with Crippen LogP contribution in [0.4, 0.5) is 31.7 Å². The second-order valence-electron chi connectivity index (χ2n) is 10.1. The van der Waals surface area contributed by atoms with Crippen molar-refractivity contribution in [3.8, 4) is 0 Å². The van der Waals surface area contributed by atoms with E-state index < -0.39 is 11.6 Å². The number of aromatic nitrogens is 2. The molecule has 0 saturated carbocycles. The van der Waals surface area contributed by atoms with Gasteiger partial charge in [-0.05, 0) is 32.0 Å². The van der Waals surface area contributed by atoms with Crippen molar-refractivity contribution in [2.24, 2.45) is 0 Å². The topological polar surface area (TPSA) is 87.0 Å². The zero-order valence-corrected chi connectivity index (χ0v) is 22.4. The average molecular weight is 549 g/mol. The van der Waals surface area contributed by atoms with Crippen LogP contribution in [0.15, 0.2) is 47.1 Å². The van der Waals surface area contributed by atoms with E-state index in [0.717, 1.165) is 30.4 Å². The molecule has 0 bridgehead atoms. The first-order valence-corrected chi connectivity index (χ1v) is 13.3. The fourth-order valence-electron chi connectivity index (χ4n) is 5.32. The molecule has 6 rings (SSSR count). The third kappa shape index (κ3) is 5.04. The summed E-state index contributed by atoms with van der Waals surface area (Å²) in [6.07, 6.45) is 3.47. The Bertz CT molecular complexity index is 1560. The summed E-state index contributed by atoms with van der Waals surface area (Å²) >= 11 is 0. The summed E-state index contributed by atoms with van der Waals surface area (Å²) in [6.45, 7) is 8.42. The number of amides is 1. The molecule has 0 spiro atoms. The highest BCUT2D eigenvalue weighted by Gasteiger charge is 2.27. The maximum Gasteiger partial charge on any atom is 0.289 e. The average Bonchev–Trinajstić information content (AvgIpc) is 3.41. The molecule has 2 aliphatic heterocycles. The molecule has 0 unspecified atom stereocenters. The van der Waals surface area contributed by atoms with Crippen molar-refractivity contribution in [2.75, 3.05) is 67.6 Å². The molecule has 40 heavy (non-hydrogen) atoms. The standard InChI is InChI=1S/C29H30F2N6O3/c1-18-3-4-25(40-18)29(38)37-7-5-36(6-8-37)28-19(2)27(26-23(31)13-20(30)14-24(26)34-28)33-21-15-22(17-32-16-21)35-9-11-39-12-10-35/h3-4,13-17H,5-12H2,1-2H3,(H,33,34). The molecule has 5 heterocycles. The van der Waals surface area contributed by atoms with E-state index in [4.69, 9.17) is 14.1 Å². The SMILES string of the molecule is Cc1ccc(C(=O)N2CCN(c3nc4cc(F)cc(F)c4c(Nc4cncc(N5CCOCC5)c4)c3C)CC2)o1. The fourth-order valence-corrected chi connectivity index (χ4v) is 5.32. The molecular formula is C29H30F2N6O3. The number of nitrogens with one attached hydrogen (secondary N) is 1. The number of ether oxygens (including phenoxy) is 1. The van der Waals surface area contributed by atoms with Crippen molar-refractivity contribution >= 4 is 39.7 Å². The van der Waals surface area contributed by atoms with E-state index in [1.54, 1.807) is 36.4 Å². The van der Waals surface area contributed by atoms with Gasteiger partial charge in [0.05, 0.1) is 53.6 Å². The predicted molar refractivity (Wildman–Crippen MR) is 149 cm³/mol. The van der Waals surface area contributed by atoms with Crippen molar-refractivity contribution in [2.45, 2.75) is 13.8 Å². The van der Waals surface area contributed by atoms with Crippen LogP contribution in [0.5, 0.6) is 0 Å². The Morgan fingerprint density at radius 3 is 2.45 bits per heavy atom. The van der Waals surface area contributed by atoms with Crippen LogP contribution in [0.2, 0.25) is 0 Å². The molecule has 9 nitrogen and oxygen atoms in total. The molecule has 2 fully saturated rings. The lowest BCUT2D eigenvalue weighted by molar-refractivity contribution is 0.0713. The zero-order chi connectivity index (χ0) is 27.8. The highest BCUT2D eigenvalue weighted by atomic mass is 19.1. The van der Waals surface area contributed by atoms with E-state index in [1.807, 2.05) is 17.9 Å². The van der Waals surface area contributed by atoms with E-state index in [2.05, 4.69) is 15.2 Å². The number of rotatable bonds is 5. The number of morpholine rings is 1. The number of pyridine rings is 2. The van der Waals surface area contributed by atoms with Gasteiger partial charge in [0.2, 0.25) is 0 Å². The van der Waals surface area contributed by atoms with Gasteiger partial charge < -0.3 is 29.2 Å². The number of carbonyl (C=O) groups excluding carboxylic acids is 1. The number of anilines is 4. The van der Waals surface area contributed by atoms with Gasteiger partial charge >= 0.3 is 0 Å². The molecule has 11 heteroatoms. The smallest absolute Gasteiger partial charge is 0.289 e. The quantitative estimate of drug-likeness (QED) is 0.386. The maximum absolute atomic E-state index is 15.2. The summed E-state index contributed by atoms with van der Waals surface area (Å²) in [7, 11) is 0. The van der Waals surface area contributed by atoms with Crippen LogP contribution in [0, 0.1) is 25.5 Å². The van der Waals surface area contributed by atoms with Crippen molar-refractivity contribution in [1.29, 1.82) is 0 Å². The van der Waals surface area contributed by atoms with Gasteiger partial charge in [-0.1, -0.05) is 0 Å². The van der Waals surface area contributed by atoms with E-state index in [9.17, 15) is 9.18 Å². The van der Waals surface area contributed by atoms with Crippen molar-refractivity contribution < 1.29 is 22.7 Å². The Balaban J connectivity index is 1.31. The molecule has 1 N–H and O–H groups in total. The number of nitrogens with zero attached hydrogens (tertiary/aromatic N) is 5. The molecule has 3 aromatic heterocycles. The Hall–Kier alpha value is -4.25. The van der Waals surface area contributed by atoms with Crippen molar-refractivity contribution in [3.05, 3.63) is 71.4 Å². The van der Waals surface area contributed by atoms with E-state index >= 15 is 4.39 Å². The lowest BCUT2D eigenvalue weighted by Crippen LogP contribution is -2.49. The molecule has 4 aromatic rings. The summed E-state index contributed by atoms with van der Waals surface area (Å²) < 4.78 is 40.5. The summed E-state index contributed by atoms with van der Waals surface area (Å²) in [5.41, 5.74) is 3.05. The van der Waals surface area contributed by atoms with E-state index in [0.29, 0.717) is 68.1 Å². The number of halogens is 2. The zero-order valence-electron chi connectivity index (χ0n) is 22.4.